The number of sulfonamides is 1. The third-order valence-corrected chi connectivity index (χ3v) is 6.60. The van der Waals surface area contributed by atoms with Crippen LogP contribution in [0.4, 0.5) is 0 Å². The maximum absolute atomic E-state index is 13.0. The molecule has 0 aliphatic carbocycles. The topological polar surface area (TPSA) is 102 Å². The van der Waals surface area contributed by atoms with Crippen LogP contribution in [0, 0.1) is 6.92 Å². The lowest BCUT2D eigenvalue weighted by atomic mass is 10.1. The maximum Gasteiger partial charge on any atom is 0.354 e. The molecule has 8 heteroatoms. The molecular weight excluding hydrogens is 464 g/mol. The van der Waals surface area contributed by atoms with Crippen LogP contribution in [0.3, 0.4) is 0 Å². The summed E-state index contributed by atoms with van der Waals surface area (Å²) in [6.07, 6.45) is 1.72. The Morgan fingerprint density at radius 2 is 1.51 bits per heavy atom. The summed E-state index contributed by atoms with van der Waals surface area (Å²) in [6.45, 7) is 3.12. The van der Waals surface area contributed by atoms with E-state index < -0.39 is 27.9 Å². The van der Waals surface area contributed by atoms with E-state index in [0.717, 1.165) is 16.7 Å². The van der Waals surface area contributed by atoms with E-state index in [4.69, 9.17) is 4.74 Å². The molecule has 0 saturated carbocycles. The van der Waals surface area contributed by atoms with Crippen LogP contribution in [0.1, 0.15) is 36.1 Å². The molecule has 2 N–H and O–H groups in total. The number of aryl methyl sites for hydroxylation is 1. The fourth-order valence-corrected chi connectivity index (χ4v) is 4.61. The van der Waals surface area contributed by atoms with Crippen LogP contribution in [0.15, 0.2) is 95.5 Å². The lowest BCUT2D eigenvalue weighted by molar-refractivity contribution is -0.140. The second-order valence-corrected chi connectivity index (χ2v) is 9.69. The number of esters is 1. The Hall–Kier alpha value is -3.75. The van der Waals surface area contributed by atoms with Gasteiger partial charge >= 0.3 is 5.97 Å². The number of nitrogens with one attached hydrogen (secondary N) is 2. The smallest absolute Gasteiger partial charge is 0.354 e. The van der Waals surface area contributed by atoms with Crippen molar-refractivity contribution in [1.82, 2.24) is 10.0 Å². The molecule has 1 unspecified atom stereocenters. The molecule has 3 aromatic rings. The van der Waals surface area contributed by atoms with E-state index >= 15 is 0 Å². The van der Waals surface area contributed by atoms with Crippen LogP contribution in [-0.2, 0) is 24.3 Å². The summed E-state index contributed by atoms with van der Waals surface area (Å²) in [5, 5.41) is 2.50. The highest BCUT2D eigenvalue weighted by molar-refractivity contribution is 7.89. The lowest BCUT2D eigenvalue weighted by Gasteiger charge is -2.20. The second-order valence-electron chi connectivity index (χ2n) is 7.97. The van der Waals surface area contributed by atoms with Gasteiger partial charge < -0.3 is 10.1 Å². The molecule has 0 aliphatic heterocycles. The van der Waals surface area contributed by atoms with Crippen LogP contribution in [0.2, 0.25) is 0 Å². The molecule has 7 nitrogen and oxygen atoms in total. The molecule has 35 heavy (non-hydrogen) atoms. The Balaban J connectivity index is 1.73. The zero-order valence-electron chi connectivity index (χ0n) is 19.6. The van der Waals surface area contributed by atoms with E-state index in [1.807, 2.05) is 55.5 Å². The normalized spacial score (nSPS) is 12.6. The fraction of sp³-hybridized carbons (Fsp3) is 0.185. The zero-order valence-corrected chi connectivity index (χ0v) is 20.4. The third-order valence-electron chi connectivity index (χ3n) is 5.11. The Morgan fingerprint density at radius 1 is 0.914 bits per heavy atom. The van der Waals surface area contributed by atoms with Crippen molar-refractivity contribution < 1.29 is 22.7 Å². The monoisotopic (exact) mass is 492 g/mol. The fourth-order valence-electron chi connectivity index (χ4n) is 3.35. The summed E-state index contributed by atoms with van der Waals surface area (Å²) < 4.78 is 34.1. The average Bonchev–Trinajstić information content (AvgIpc) is 2.84. The highest BCUT2D eigenvalue weighted by Crippen LogP contribution is 2.21. The number of hydrogen-bond acceptors (Lipinski definition) is 5. The van der Waals surface area contributed by atoms with Gasteiger partial charge in [0.25, 0.3) is 0 Å². The summed E-state index contributed by atoms with van der Waals surface area (Å²) >= 11 is 0. The Bertz CT molecular complexity index is 1270. The van der Waals surface area contributed by atoms with Gasteiger partial charge in [-0.05, 0) is 36.3 Å². The molecule has 0 bridgehead atoms. The van der Waals surface area contributed by atoms with Crippen LogP contribution in [0.25, 0.3) is 6.08 Å². The number of hydrogen-bond donors (Lipinski definition) is 2. The number of ether oxygens (including phenoxy) is 1. The van der Waals surface area contributed by atoms with Gasteiger partial charge in [-0.1, -0.05) is 78.4 Å². The Labute approximate surface area is 205 Å². The molecule has 0 aromatic heterocycles. The zero-order chi connectivity index (χ0) is 25.3. The van der Waals surface area contributed by atoms with Gasteiger partial charge in [0, 0.05) is 13.3 Å². The number of rotatable bonds is 10. The molecule has 1 atom stereocenters. The van der Waals surface area contributed by atoms with Gasteiger partial charge in [0.05, 0.1) is 17.5 Å². The van der Waals surface area contributed by atoms with E-state index in [1.165, 1.54) is 13.0 Å². The van der Waals surface area contributed by atoms with Gasteiger partial charge in [-0.3, -0.25) is 4.79 Å². The molecule has 0 spiro atoms. The van der Waals surface area contributed by atoms with Crippen LogP contribution < -0.4 is 10.0 Å². The summed E-state index contributed by atoms with van der Waals surface area (Å²) in [7, 11) is -3.81. The summed E-state index contributed by atoms with van der Waals surface area (Å²) in [6, 6.07) is 24.1. The van der Waals surface area contributed by atoms with Gasteiger partial charge in [-0.25, -0.2) is 17.9 Å². The van der Waals surface area contributed by atoms with Crippen molar-refractivity contribution in [3.05, 3.63) is 107 Å². The SMILES string of the molecule is CC(=O)N/C(=C\c1ccccc1)C(=O)OCCC(NS(=O)(=O)c1ccc(C)cc1)c1ccccc1. The van der Waals surface area contributed by atoms with Crippen molar-refractivity contribution in [3.8, 4) is 0 Å². The number of benzene rings is 3. The first-order valence-corrected chi connectivity index (χ1v) is 12.6. The van der Waals surface area contributed by atoms with E-state index in [-0.39, 0.29) is 23.6 Å². The average molecular weight is 493 g/mol. The third kappa shape index (κ3) is 7.91. The minimum Gasteiger partial charge on any atom is -0.461 e. The first kappa shape index (κ1) is 25.9. The molecule has 0 saturated heterocycles. The molecule has 1 amide bonds. The maximum atomic E-state index is 13.0. The first-order chi connectivity index (χ1) is 16.7. The van der Waals surface area contributed by atoms with E-state index in [9.17, 15) is 18.0 Å². The number of amides is 1. The van der Waals surface area contributed by atoms with Crippen molar-refractivity contribution in [2.45, 2.75) is 31.2 Å². The lowest BCUT2D eigenvalue weighted by Crippen LogP contribution is -2.30. The number of carbonyl (C=O) groups excluding carboxylic acids is 2. The highest BCUT2D eigenvalue weighted by Gasteiger charge is 2.22. The van der Waals surface area contributed by atoms with E-state index in [0.29, 0.717) is 0 Å². The van der Waals surface area contributed by atoms with Crippen LogP contribution in [-0.4, -0.2) is 26.9 Å². The Kier molecular flexibility index (Phi) is 8.94. The van der Waals surface area contributed by atoms with Crippen molar-refractivity contribution in [2.75, 3.05) is 6.61 Å². The highest BCUT2D eigenvalue weighted by atomic mass is 32.2. The van der Waals surface area contributed by atoms with Gasteiger partial charge in [-0.15, -0.1) is 0 Å². The Morgan fingerprint density at radius 3 is 2.11 bits per heavy atom. The molecule has 182 valence electrons. The van der Waals surface area contributed by atoms with Crippen molar-refractivity contribution >= 4 is 28.0 Å². The van der Waals surface area contributed by atoms with Crippen molar-refractivity contribution in [1.29, 1.82) is 0 Å². The van der Waals surface area contributed by atoms with Gasteiger partial charge in [-0.2, -0.15) is 0 Å². The molecule has 3 rings (SSSR count). The predicted molar refractivity (Wildman–Crippen MR) is 134 cm³/mol. The summed E-state index contributed by atoms with van der Waals surface area (Å²) in [4.78, 5) is 24.4. The van der Waals surface area contributed by atoms with Crippen LogP contribution in [0.5, 0.6) is 0 Å². The molecular formula is C27H28N2O5S. The largest absolute Gasteiger partial charge is 0.461 e. The van der Waals surface area contributed by atoms with Gasteiger partial charge in [0.15, 0.2) is 0 Å². The van der Waals surface area contributed by atoms with E-state index in [1.54, 1.807) is 36.4 Å². The van der Waals surface area contributed by atoms with Crippen molar-refractivity contribution in [2.24, 2.45) is 0 Å². The first-order valence-electron chi connectivity index (χ1n) is 11.1. The molecule has 0 aliphatic rings. The van der Waals surface area contributed by atoms with E-state index in [2.05, 4.69) is 10.0 Å². The van der Waals surface area contributed by atoms with Gasteiger partial charge in [0.2, 0.25) is 15.9 Å². The van der Waals surface area contributed by atoms with Crippen LogP contribution >= 0.6 is 0 Å². The summed E-state index contributed by atoms with van der Waals surface area (Å²) in [5.41, 5.74) is 2.41. The molecule has 0 radical (unpaired) electrons. The van der Waals surface area contributed by atoms with Gasteiger partial charge in [0.1, 0.15) is 5.70 Å². The predicted octanol–water partition coefficient (Wildman–Crippen LogP) is 4.13. The second kappa shape index (κ2) is 12.1. The number of carbonyl (C=O) groups is 2. The molecule has 0 heterocycles. The molecule has 3 aromatic carbocycles. The molecule has 0 fully saturated rings. The minimum absolute atomic E-state index is 0.000183. The quantitative estimate of drug-likeness (QED) is 0.327. The minimum atomic E-state index is -3.81. The van der Waals surface area contributed by atoms with Crippen molar-refractivity contribution in [3.63, 3.8) is 0 Å². The summed E-state index contributed by atoms with van der Waals surface area (Å²) in [5.74, 6) is -1.12. The standard InChI is InChI=1S/C27H28N2O5S/c1-20-13-15-24(16-14-20)35(32,33)29-25(23-11-7-4-8-12-23)17-18-34-27(31)26(28-21(2)30)19-22-9-5-3-6-10-22/h3-16,19,25,29H,17-18H2,1-2H3,(H,28,30)/b26-19-.